The van der Waals surface area contributed by atoms with E-state index < -0.39 is 0 Å². The molecule has 1 fully saturated rings. The van der Waals surface area contributed by atoms with E-state index in [2.05, 4.69) is 42.6 Å². The third-order valence-electron chi connectivity index (χ3n) is 6.31. The first-order valence-electron chi connectivity index (χ1n) is 11.5. The lowest BCUT2D eigenvalue weighted by Crippen LogP contribution is -2.35. The molecule has 0 spiro atoms. The highest BCUT2D eigenvalue weighted by molar-refractivity contribution is 6.09. The Balaban J connectivity index is 1.30. The van der Waals surface area contributed by atoms with Crippen molar-refractivity contribution in [3.8, 4) is 11.3 Å². The number of carbonyl (C=O) groups is 2. The maximum atomic E-state index is 13.1. The molecular formula is C24H27N9O2. The molecule has 0 radical (unpaired) electrons. The molecule has 5 rings (SSSR count). The van der Waals surface area contributed by atoms with Gasteiger partial charge >= 0.3 is 0 Å². The first-order chi connectivity index (χ1) is 16.9. The van der Waals surface area contributed by atoms with Gasteiger partial charge in [-0.05, 0) is 39.3 Å². The Morgan fingerprint density at radius 2 is 1.94 bits per heavy atom. The van der Waals surface area contributed by atoms with Gasteiger partial charge in [-0.2, -0.15) is 10.2 Å². The molecule has 0 saturated carbocycles. The molecule has 1 atom stereocenters. The maximum absolute atomic E-state index is 13.1. The Morgan fingerprint density at radius 3 is 2.69 bits per heavy atom. The number of hydrogen-bond acceptors (Lipinski definition) is 7. The highest BCUT2D eigenvalue weighted by Gasteiger charge is 2.22. The summed E-state index contributed by atoms with van der Waals surface area (Å²) in [6.07, 6.45) is 12.3. The third kappa shape index (κ3) is 4.76. The van der Waals surface area contributed by atoms with Crippen LogP contribution in [0.1, 0.15) is 35.8 Å². The van der Waals surface area contributed by atoms with E-state index in [1.165, 1.54) is 6.20 Å². The van der Waals surface area contributed by atoms with Gasteiger partial charge in [0.1, 0.15) is 0 Å². The molecule has 35 heavy (non-hydrogen) atoms. The number of rotatable bonds is 6. The molecule has 2 amide bonds. The second-order valence-corrected chi connectivity index (χ2v) is 8.88. The normalized spacial score (nSPS) is 16.0. The molecule has 5 heterocycles. The number of likely N-dealkylation sites (tertiary alicyclic amines) is 1. The lowest BCUT2D eigenvalue weighted by Gasteiger charge is -2.20. The Morgan fingerprint density at radius 1 is 1.09 bits per heavy atom. The van der Waals surface area contributed by atoms with Gasteiger partial charge in [0.15, 0.2) is 0 Å². The molecule has 0 aliphatic carbocycles. The van der Waals surface area contributed by atoms with Crippen LogP contribution >= 0.6 is 0 Å². The first-order valence-corrected chi connectivity index (χ1v) is 11.5. The van der Waals surface area contributed by atoms with Crippen LogP contribution < -0.4 is 10.6 Å². The van der Waals surface area contributed by atoms with Gasteiger partial charge in [0.2, 0.25) is 5.91 Å². The van der Waals surface area contributed by atoms with Gasteiger partial charge in [-0.1, -0.05) is 0 Å². The predicted molar refractivity (Wildman–Crippen MR) is 131 cm³/mol. The van der Waals surface area contributed by atoms with Crippen molar-refractivity contribution in [1.29, 1.82) is 0 Å². The van der Waals surface area contributed by atoms with E-state index in [1.54, 1.807) is 47.0 Å². The second kappa shape index (κ2) is 9.26. The van der Waals surface area contributed by atoms with Gasteiger partial charge in [-0.25, -0.2) is 4.52 Å². The molecule has 11 heteroatoms. The topological polar surface area (TPSA) is 122 Å². The fourth-order valence-corrected chi connectivity index (χ4v) is 4.29. The van der Waals surface area contributed by atoms with Crippen molar-refractivity contribution in [1.82, 2.24) is 34.3 Å². The summed E-state index contributed by atoms with van der Waals surface area (Å²) in [6.45, 7) is 5.20. The standard InChI is InChI=1S/C24H27N9O2/c1-15-5-4-6-32(15)14-23(34)29-18-7-20(16(2)25-9-18)30-24(35)19-10-28-33-13-21(26-11-22(19)33)17-8-27-31(3)12-17/h7-13,15H,4-6,14H2,1-3H3,(H,29,34)(H,30,35)/t15-/m0/s1. The largest absolute Gasteiger partial charge is 0.324 e. The zero-order chi connectivity index (χ0) is 24.5. The van der Waals surface area contributed by atoms with E-state index >= 15 is 0 Å². The minimum atomic E-state index is -0.338. The lowest BCUT2D eigenvalue weighted by atomic mass is 10.2. The van der Waals surface area contributed by atoms with Gasteiger partial charge in [-0.15, -0.1) is 0 Å². The summed E-state index contributed by atoms with van der Waals surface area (Å²) < 4.78 is 3.31. The summed E-state index contributed by atoms with van der Waals surface area (Å²) in [7, 11) is 1.84. The van der Waals surface area contributed by atoms with Crippen LogP contribution in [0.5, 0.6) is 0 Å². The minimum absolute atomic E-state index is 0.0974. The van der Waals surface area contributed by atoms with Crippen LogP contribution in [0.2, 0.25) is 0 Å². The van der Waals surface area contributed by atoms with Crippen molar-refractivity contribution in [3.63, 3.8) is 0 Å². The molecule has 4 aromatic heterocycles. The number of aryl methyl sites for hydroxylation is 2. The zero-order valence-corrected chi connectivity index (χ0v) is 19.9. The fraction of sp³-hybridized carbons (Fsp3) is 0.333. The molecule has 0 bridgehead atoms. The van der Waals surface area contributed by atoms with Crippen molar-refractivity contribution in [2.24, 2.45) is 7.05 Å². The molecule has 1 saturated heterocycles. The van der Waals surface area contributed by atoms with Crippen LogP contribution in [0.15, 0.2) is 43.2 Å². The Labute approximate surface area is 202 Å². The van der Waals surface area contributed by atoms with Gasteiger partial charge < -0.3 is 10.6 Å². The second-order valence-electron chi connectivity index (χ2n) is 8.88. The van der Waals surface area contributed by atoms with E-state index in [9.17, 15) is 9.59 Å². The van der Waals surface area contributed by atoms with Gasteiger partial charge in [0, 0.05) is 24.8 Å². The van der Waals surface area contributed by atoms with Crippen molar-refractivity contribution < 1.29 is 9.59 Å². The summed E-state index contributed by atoms with van der Waals surface area (Å²) in [4.78, 5) is 36.5. The van der Waals surface area contributed by atoms with Crippen LogP contribution in [-0.4, -0.2) is 65.2 Å². The van der Waals surface area contributed by atoms with Crippen LogP contribution in [0.25, 0.3) is 16.8 Å². The number of nitrogens with one attached hydrogen (secondary N) is 2. The van der Waals surface area contributed by atoms with E-state index in [0.29, 0.717) is 46.4 Å². The van der Waals surface area contributed by atoms with E-state index in [-0.39, 0.29) is 11.8 Å². The Hall–Kier alpha value is -4.12. The summed E-state index contributed by atoms with van der Waals surface area (Å²) in [6, 6.07) is 2.13. The molecule has 2 N–H and O–H groups in total. The van der Waals surface area contributed by atoms with E-state index in [4.69, 9.17) is 0 Å². The minimum Gasteiger partial charge on any atom is -0.324 e. The van der Waals surface area contributed by atoms with Crippen molar-refractivity contribution in [2.45, 2.75) is 32.7 Å². The quantitative estimate of drug-likeness (QED) is 0.441. The van der Waals surface area contributed by atoms with Gasteiger partial charge in [-0.3, -0.25) is 29.1 Å². The van der Waals surface area contributed by atoms with Crippen LogP contribution in [0.4, 0.5) is 11.4 Å². The number of amides is 2. The Bertz CT molecular complexity index is 1410. The SMILES string of the molecule is Cc1ncc(NC(=O)CN2CCC[C@@H]2C)cc1NC(=O)c1cnn2cc(-c3cnn(C)c3)ncc12. The van der Waals surface area contributed by atoms with E-state index in [1.807, 2.05) is 13.2 Å². The lowest BCUT2D eigenvalue weighted by molar-refractivity contribution is -0.117. The molecule has 0 unspecified atom stereocenters. The molecule has 0 aromatic carbocycles. The summed E-state index contributed by atoms with van der Waals surface area (Å²) in [5.41, 5.74) is 4.20. The summed E-state index contributed by atoms with van der Waals surface area (Å²) in [5, 5.41) is 14.3. The average molecular weight is 474 g/mol. The molecule has 1 aliphatic rings. The van der Waals surface area contributed by atoms with Crippen LogP contribution in [-0.2, 0) is 11.8 Å². The molecule has 11 nitrogen and oxygen atoms in total. The molecule has 180 valence electrons. The number of carbonyl (C=O) groups excluding carboxylic acids is 2. The number of fused-ring (bicyclic) bond motifs is 1. The number of nitrogens with zero attached hydrogens (tertiary/aromatic N) is 7. The smallest absolute Gasteiger partial charge is 0.259 e. The van der Waals surface area contributed by atoms with Gasteiger partial charge in [0.25, 0.3) is 5.91 Å². The summed E-state index contributed by atoms with van der Waals surface area (Å²) in [5.74, 6) is -0.435. The van der Waals surface area contributed by atoms with E-state index in [0.717, 1.165) is 24.9 Å². The van der Waals surface area contributed by atoms with Crippen LogP contribution in [0, 0.1) is 6.92 Å². The molecule has 4 aromatic rings. The third-order valence-corrected chi connectivity index (χ3v) is 6.31. The average Bonchev–Trinajstić information content (AvgIpc) is 3.56. The highest BCUT2D eigenvalue weighted by Crippen LogP contribution is 2.22. The molecule has 1 aliphatic heterocycles. The van der Waals surface area contributed by atoms with Crippen molar-refractivity contribution in [2.75, 3.05) is 23.7 Å². The first kappa shape index (κ1) is 22.7. The number of pyridine rings is 1. The van der Waals surface area contributed by atoms with Crippen molar-refractivity contribution >= 4 is 28.7 Å². The highest BCUT2D eigenvalue weighted by atomic mass is 16.2. The molecular weight excluding hydrogens is 446 g/mol. The number of aromatic nitrogens is 6. The zero-order valence-electron chi connectivity index (χ0n) is 19.9. The van der Waals surface area contributed by atoms with Crippen LogP contribution in [0.3, 0.4) is 0 Å². The number of anilines is 2. The Kier molecular flexibility index (Phi) is 6.00. The summed E-state index contributed by atoms with van der Waals surface area (Å²) >= 11 is 0. The fourth-order valence-electron chi connectivity index (χ4n) is 4.29. The van der Waals surface area contributed by atoms with Gasteiger partial charge in [0.05, 0.1) is 71.4 Å². The predicted octanol–water partition coefficient (Wildman–Crippen LogP) is 2.51. The number of hydrogen-bond donors (Lipinski definition) is 2. The monoisotopic (exact) mass is 473 g/mol. The maximum Gasteiger partial charge on any atom is 0.259 e. The van der Waals surface area contributed by atoms with Crippen molar-refractivity contribution in [3.05, 3.63) is 54.5 Å².